The lowest BCUT2D eigenvalue weighted by molar-refractivity contribution is -0.161. The van der Waals surface area contributed by atoms with Crippen LogP contribution in [0.5, 0.6) is 0 Å². The fourth-order valence-electron chi connectivity index (χ4n) is 10.2. The highest BCUT2D eigenvalue weighted by atomic mass is 31.2. The molecular weight excluding hydrogens is 1140 g/mol. The van der Waals surface area contributed by atoms with Crippen molar-refractivity contribution in [1.82, 2.24) is 0 Å². The van der Waals surface area contributed by atoms with E-state index in [9.17, 15) is 43.2 Å². The fourth-order valence-corrected chi connectivity index (χ4v) is 11.7. The molecule has 0 aliphatic carbocycles. The maximum Gasteiger partial charge on any atom is 0.472 e. The molecule has 510 valence electrons. The van der Waals surface area contributed by atoms with Crippen LogP contribution in [0.1, 0.15) is 349 Å². The predicted octanol–water partition coefficient (Wildman–Crippen LogP) is 19.1. The predicted molar refractivity (Wildman–Crippen MR) is 345 cm³/mol. The highest BCUT2D eigenvalue weighted by molar-refractivity contribution is 7.47. The summed E-state index contributed by atoms with van der Waals surface area (Å²) < 4.78 is 68.0. The van der Waals surface area contributed by atoms with Gasteiger partial charge in [-0.05, 0) is 25.7 Å². The van der Waals surface area contributed by atoms with Crippen LogP contribution in [0, 0.1) is 0 Å². The molecule has 0 bridgehead atoms. The Kier molecular flexibility index (Phi) is 60.5. The first kappa shape index (κ1) is 84.1. The minimum atomic E-state index is -4.95. The van der Waals surface area contributed by atoms with Gasteiger partial charge in [-0.2, -0.15) is 0 Å². The second kappa shape index (κ2) is 61.9. The van der Waals surface area contributed by atoms with Gasteiger partial charge >= 0.3 is 39.5 Å². The van der Waals surface area contributed by atoms with Crippen molar-refractivity contribution in [2.45, 2.75) is 367 Å². The fraction of sp³-hybridized carbons (Fsp3) is 0.940. The van der Waals surface area contributed by atoms with Crippen molar-refractivity contribution in [3.8, 4) is 0 Å². The normalized spacial score (nSPS) is 14.1. The van der Waals surface area contributed by atoms with E-state index in [2.05, 4.69) is 27.7 Å². The summed E-state index contributed by atoms with van der Waals surface area (Å²) in [7, 11) is -9.88. The van der Waals surface area contributed by atoms with Crippen molar-refractivity contribution in [2.75, 3.05) is 39.6 Å². The number of hydrogen-bond acceptors (Lipinski definition) is 15. The second-order valence-electron chi connectivity index (χ2n) is 24.2. The molecule has 17 nitrogen and oxygen atoms in total. The van der Waals surface area contributed by atoms with Gasteiger partial charge in [0.1, 0.15) is 19.3 Å². The second-order valence-corrected chi connectivity index (χ2v) is 27.1. The molecule has 2 unspecified atom stereocenters. The van der Waals surface area contributed by atoms with Gasteiger partial charge in [0.15, 0.2) is 12.2 Å². The van der Waals surface area contributed by atoms with E-state index in [1.54, 1.807) is 0 Å². The summed E-state index contributed by atoms with van der Waals surface area (Å²) in [6.07, 6.45) is 48.8. The van der Waals surface area contributed by atoms with Crippen molar-refractivity contribution in [3.05, 3.63) is 0 Å². The molecule has 0 saturated heterocycles. The molecular formula is C67H130O17P2. The number of phosphoric ester groups is 2. The Balaban J connectivity index is 5.16. The van der Waals surface area contributed by atoms with Crippen molar-refractivity contribution >= 4 is 39.5 Å². The summed E-state index contributed by atoms with van der Waals surface area (Å²) in [4.78, 5) is 72.2. The van der Waals surface area contributed by atoms with Crippen LogP contribution in [0.3, 0.4) is 0 Å². The first-order valence-electron chi connectivity index (χ1n) is 35.3. The van der Waals surface area contributed by atoms with Crippen LogP contribution in [0.4, 0.5) is 0 Å². The molecule has 0 fully saturated rings. The van der Waals surface area contributed by atoms with Crippen molar-refractivity contribution in [3.63, 3.8) is 0 Å². The molecule has 0 rings (SSSR count). The van der Waals surface area contributed by atoms with Gasteiger partial charge in [-0.3, -0.25) is 37.3 Å². The van der Waals surface area contributed by atoms with E-state index in [1.807, 2.05) is 0 Å². The lowest BCUT2D eigenvalue weighted by Crippen LogP contribution is -2.30. The van der Waals surface area contributed by atoms with Crippen molar-refractivity contribution < 1.29 is 80.2 Å². The Morgan fingerprint density at radius 1 is 0.279 bits per heavy atom. The van der Waals surface area contributed by atoms with Gasteiger partial charge in [-0.15, -0.1) is 0 Å². The van der Waals surface area contributed by atoms with E-state index in [1.165, 1.54) is 173 Å². The minimum Gasteiger partial charge on any atom is -0.462 e. The van der Waals surface area contributed by atoms with Crippen LogP contribution in [0.15, 0.2) is 0 Å². The molecule has 0 aliphatic heterocycles. The molecule has 0 amide bonds. The summed E-state index contributed by atoms with van der Waals surface area (Å²) in [6, 6.07) is 0. The summed E-state index contributed by atoms with van der Waals surface area (Å²) in [5, 5.41) is 10.5. The molecule has 0 aliphatic rings. The molecule has 0 saturated carbocycles. The average molecular weight is 1270 g/mol. The van der Waals surface area contributed by atoms with Gasteiger partial charge in [0, 0.05) is 25.7 Å². The number of aliphatic hydroxyl groups is 1. The van der Waals surface area contributed by atoms with Crippen LogP contribution in [0.2, 0.25) is 0 Å². The third kappa shape index (κ3) is 60.9. The number of carbonyl (C=O) groups excluding carboxylic acids is 4. The van der Waals surface area contributed by atoms with Crippen LogP contribution in [-0.4, -0.2) is 96.7 Å². The Morgan fingerprint density at radius 3 is 0.686 bits per heavy atom. The summed E-state index contributed by atoms with van der Waals surface area (Å²) in [5.74, 6) is -2.13. The molecule has 86 heavy (non-hydrogen) atoms. The minimum absolute atomic E-state index is 0.107. The molecule has 0 radical (unpaired) electrons. The van der Waals surface area contributed by atoms with Gasteiger partial charge in [0.25, 0.3) is 0 Å². The SMILES string of the molecule is CCCCCCCCCCCCCCCCCC(=O)O[C@H](COC(=O)CCCCCCCCCCCCCCC)COP(=O)(O)OC[C@@H](O)COP(=O)(O)OC[C@@H](COC(=O)CCCCCCC)OC(=O)CCCCCCCCCCCCCCC. The van der Waals surface area contributed by atoms with E-state index in [4.69, 9.17) is 37.0 Å². The zero-order valence-electron chi connectivity index (χ0n) is 55.3. The maximum atomic E-state index is 13.0. The zero-order valence-corrected chi connectivity index (χ0v) is 57.1. The number of unbranched alkanes of at least 4 members (excludes halogenated alkanes) is 42. The van der Waals surface area contributed by atoms with Gasteiger partial charge < -0.3 is 33.8 Å². The van der Waals surface area contributed by atoms with E-state index >= 15 is 0 Å². The largest absolute Gasteiger partial charge is 0.472 e. The highest BCUT2D eigenvalue weighted by Crippen LogP contribution is 2.45. The van der Waals surface area contributed by atoms with Gasteiger partial charge in [-0.1, -0.05) is 297 Å². The molecule has 0 aromatic rings. The lowest BCUT2D eigenvalue weighted by atomic mass is 10.0. The number of rotatable bonds is 68. The Bertz CT molecular complexity index is 1650. The summed E-state index contributed by atoms with van der Waals surface area (Å²) in [5.41, 5.74) is 0. The van der Waals surface area contributed by atoms with Crippen molar-refractivity contribution in [1.29, 1.82) is 0 Å². The van der Waals surface area contributed by atoms with Gasteiger partial charge in [0.05, 0.1) is 26.4 Å². The lowest BCUT2D eigenvalue weighted by Gasteiger charge is -2.21. The van der Waals surface area contributed by atoms with Gasteiger partial charge in [0.2, 0.25) is 0 Å². The topological polar surface area (TPSA) is 237 Å². The monoisotopic (exact) mass is 1270 g/mol. The molecule has 0 aromatic heterocycles. The summed E-state index contributed by atoms with van der Waals surface area (Å²) in [6.45, 7) is 4.85. The smallest absolute Gasteiger partial charge is 0.462 e. The first-order chi connectivity index (χ1) is 41.7. The number of esters is 4. The molecule has 19 heteroatoms. The van der Waals surface area contributed by atoms with Gasteiger partial charge in [-0.25, -0.2) is 9.13 Å². The quantitative estimate of drug-likeness (QED) is 0.0222. The third-order valence-electron chi connectivity index (χ3n) is 15.6. The molecule has 5 atom stereocenters. The Morgan fingerprint density at radius 2 is 0.465 bits per heavy atom. The van der Waals surface area contributed by atoms with E-state index < -0.39 is 97.5 Å². The molecule has 0 spiro atoms. The maximum absolute atomic E-state index is 13.0. The van der Waals surface area contributed by atoms with E-state index in [0.29, 0.717) is 25.7 Å². The summed E-state index contributed by atoms with van der Waals surface area (Å²) >= 11 is 0. The van der Waals surface area contributed by atoms with E-state index in [0.717, 1.165) is 96.3 Å². The standard InChI is InChI=1S/C67H130O17P2/c1-5-9-13-17-20-23-26-29-30-33-36-39-42-46-50-54-67(72)84-63(58-78-65(70)52-48-44-40-37-34-31-27-24-21-18-14-10-6-2)60-82-86(75,76)80-56-61(68)55-79-85(73,74)81-59-62(57-77-64(69)51-47-43-16-12-8-4)83-66(71)53-49-45-41-38-35-32-28-25-22-19-15-11-7-3/h61-63,68H,5-60H2,1-4H3,(H,73,74)(H,75,76)/t61-,62+,63+/m0/s1. The number of aliphatic hydroxyl groups excluding tert-OH is 1. The van der Waals surface area contributed by atoms with Crippen LogP contribution < -0.4 is 0 Å². The Hall–Kier alpha value is -1.94. The van der Waals surface area contributed by atoms with Crippen molar-refractivity contribution in [2.24, 2.45) is 0 Å². The highest BCUT2D eigenvalue weighted by Gasteiger charge is 2.30. The molecule has 0 aromatic carbocycles. The first-order valence-corrected chi connectivity index (χ1v) is 38.3. The number of carbonyl (C=O) groups is 4. The average Bonchev–Trinajstić information content (AvgIpc) is 3.64. The Labute approximate surface area is 524 Å². The molecule has 0 heterocycles. The van der Waals surface area contributed by atoms with E-state index in [-0.39, 0.29) is 25.7 Å². The number of phosphoric acid groups is 2. The number of ether oxygens (including phenoxy) is 4. The zero-order chi connectivity index (χ0) is 63.3. The van der Waals surface area contributed by atoms with Crippen LogP contribution in [0.25, 0.3) is 0 Å². The van der Waals surface area contributed by atoms with Crippen LogP contribution in [-0.2, 0) is 65.4 Å². The van der Waals surface area contributed by atoms with Crippen LogP contribution >= 0.6 is 15.6 Å². The third-order valence-corrected chi connectivity index (χ3v) is 17.5. The number of hydrogen-bond donors (Lipinski definition) is 3. The molecule has 3 N–H and O–H groups in total.